The molecule has 1 saturated heterocycles. The highest BCUT2D eigenvalue weighted by molar-refractivity contribution is 5.98. The monoisotopic (exact) mass is 411 g/mol. The van der Waals surface area contributed by atoms with Crippen molar-refractivity contribution in [1.82, 2.24) is 14.7 Å². The standard InChI is InChI=1S/C22H26FN5O2/c1-2-18(29)27-9-3-4-17(12-27)28-21(24)19(22(25)30)20(26-28)15-6-5-14-11-16(23)8-7-13(14)10-15/h2,7-8,11,15,17H,1,3-6,9-10,12,24H2,(H2,25,30). The van der Waals surface area contributed by atoms with Gasteiger partial charge in [0.05, 0.1) is 11.7 Å². The van der Waals surface area contributed by atoms with Gasteiger partial charge in [-0.05, 0) is 61.4 Å². The summed E-state index contributed by atoms with van der Waals surface area (Å²) in [6.45, 7) is 4.67. The van der Waals surface area contributed by atoms with Crippen LogP contribution in [0.5, 0.6) is 0 Å². The number of nitrogens with two attached hydrogens (primary N) is 2. The van der Waals surface area contributed by atoms with E-state index in [1.54, 1.807) is 21.7 Å². The molecule has 2 aliphatic rings. The van der Waals surface area contributed by atoms with Gasteiger partial charge in [-0.25, -0.2) is 9.07 Å². The Morgan fingerprint density at radius 3 is 2.80 bits per heavy atom. The van der Waals surface area contributed by atoms with Crippen LogP contribution in [0, 0.1) is 5.82 Å². The summed E-state index contributed by atoms with van der Waals surface area (Å²) in [5, 5.41) is 4.74. The van der Waals surface area contributed by atoms with Crippen molar-refractivity contribution in [3.8, 4) is 0 Å². The fraction of sp³-hybridized carbons (Fsp3) is 0.409. The molecule has 1 aliphatic heterocycles. The predicted molar refractivity (Wildman–Crippen MR) is 111 cm³/mol. The summed E-state index contributed by atoms with van der Waals surface area (Å²) < 4.78 is 15.2. The number of anilines is 1. The SMILES string of the molecule is C=CC(=O)N1CCCC(n2nc(C3CCc4cc(F)ccc4C3)c(C(N)=O)c2N)C1. The van der Waals surface area contributed by atoms with Crippen molar-refractivity contribution < 1.29 is 14.0 Å². The lowest BCUT2D eigenvalue weighted by Crippen LogP contribution is -2.40. The zero-order valence-corrected chi connectivity index (χ0v) is 16.8. The van der Waals surface area contributed by atoms with Crippen LogP contribution in [0.3, 0.4) is 0 Å². The number of hydrogen-bond acceptors (Lipinski definition) is 4. The van der Waals surface area contributed by atoms with Crippen molar-refractivity contribution in [3.05, 3.63) is 59.1 Å². The van der Waals surface area contributed by atoms with Crippen molar-refractivity contribution in [2.75, 3.05) is 18.8 Å². The van der Waals surface area contributed by atoms with Gasteiger partial charge in [0.25, 0.3) is 5.91 Å². The number of aryl methyl sites for hydroxylation is 1. The van der Waals surface area contributed by atoms with Gasteiger partial charge in [0, 0.05) is 19.0 Å². The lowest BCUT2D eigenvalue weighted by molar-refractivity contribution is -0.127. The van der Waals surface area contributed by atoms with E-state index in [4.69, 9.17) is 16.6 Å². The highest BCUT2D eigenvalue weighted by atomic mass is 19.1. The first-order valence-electron chi connectivity index (χ1n) is 10.2. The highest BCUT2D eigenvalue weighted by Crippen LogP contribution is 2.37. The number of amides is 2. The summed E-state index contributed by atoms with van der Waals surface area (Å²) in [7, 11) is 0. The first-order valence-corrected chi connectivity index (χ1v) is 10.2. The van der Waals surface area contributed by atoms with E-state index >= 15 is 0 Å². The van der Waals surface area contributed by atoms with Gasteiger partial charge in [0.15, 0.2) is 0 Å². The summed E-state index contributed by atoms with van der Waals surface area (Å²) in [5.74, 6) is -0.747. The number of likely N-dealkylation sites (tertiary alicyclic amines) is 1. The minimum Gasteiger partial charge on any atom is -0.383 e. The Kier molecular flexibility index (Phi) is 5.32. The van der Waals surface area contributed by atoms with Crippen LogP contribution in [0.25, 0.3) is 0 Å². The fourth-order valence-corrected chi connectivity index (χ4v) is 4.72. The zero-order chi connectivity index (χ0) is 21.4. The Labute approximate surface area is 174 Å². The molecule has 2 unspecified atom stereocenters. The molecule has 1 aliphatic carbocycles. The highest BCUT2D eigenvalue weighted by Gasteiger charge is 2.33. The molecule has 7 nitrogen and oxygen atoms in total. The molecule has 158 valence electrons. The summed E-state index contributed by atoms with van der Waals surface area (Å²) >= 11 is 0. The Balaban J connectivity index is 1.66. The van der Waals surface area contributed by atoms with E-state index in [1.165, 1.54) is 12.1 Å². The number of nitrogen functional groups attached to an aromatic ring is 1. The molecule has 1 aromatic heterocycles. The molecule has 2 amide bonds. The molecule has 2 heterocycles. The number of carbonyl (C=O) groups excluding carboxylic acids is 2. The molecule has 4 rings (SSSR count). The number of nitrogens with zero attached hydrogens (tertiary/aromatic N) is 3. The number of piperidine rings is 1. The average Bonchev–Trinajstić information content (AvgIpc) is 3.10. The first-order chi connectivity index (χ1) is 14.4. The van der Waals surface area contributed by atoms with E-state index in [2.05, 4.69) is 6.58 Å². The van der Waals surface area contributed by atoms with Crippen LogP contribution in [0.15, 0.2) is 30.9 Å². The summed E-state index contributed by atoms with van der Waals surface area (Å²) in [5.41, 5.74) is 14.9. The maximum Gasteiger partial charge on any atom is 0.254 e. The molecule has 2 atom stereocenters. The topological polar surface area (TPSA) is 107 Å². The van der Waals surface area contributed by atoms with Gasteiger partial charge in [0.2, 0.25) is 5.91 Å². The number of primary amides is 1. The van der Waals surface area contributed by atoms with E-state index in [0.29, 0.717) is 31.6 Å². The quantitative estimate of drug-likeness (QED) is 0.753. The van der Waals surface area contributed by atoms with E-state index in [1.807, 2.05) is 0 Å². The molecule has 30 heavy (non-hydrogen) atoms. The average molecular weight is 411 g/mol. The Bertz CT molecular complexity index is 1020. The third kappa shape index (κ3) is 3.58. The second kappa shape index (κ2) is 7.93. The van der Waals surface area contributed by atoms with Gasteiger partial charge in [-0.15, -0.1) is 0 Å². The van der Waals surface area contributed by atoms with Crippen LogP contribution in [0.2, 0.25) is 0 Å². The lowest BCUT2D eigenvalue weighted by atomic mass is 9.81. The minimum atomic E-state index is -0.603. The molecule has 8 heteroatoms. The molecule has 0 spiro atoms. The van der Waals surface area contributed by atoms with Crippen molar-refractivity contribution in [3.63, 3.8) is 0 Å². The van der Waals surface area contributed by atoms with Gasteiger partial charge in [-0.3, -0.25) is 9.59 Å². The van der Waals surface area contributed by atoms with Crippen molar-refractivity contribution in [1.29, 1.82) is 0 Å². The second-order valence-electron chi connectivity index (χ2n) is 8.09. The molecule has 0 bridgehead atoms. The summed E-state index contributed by atoms with van der Waals surface area (Å²) in [4.78, 5) is 26.0. The molecule has 4 N–H and O–H groups in total. The smallest absolute Gasteiger partial charge is 0.254 e. The summed E-state index contributed by atoms with van der Waals surface area (Å²) in [6, 6.07) is 4.69. The van der Waals surface area contributed by atoms with Crippen LogP contribution in [-0.4, -0.2) is 39.6 Å². The van der Waals surface area contributed by atoms with E-state index in [0.717, 1.165) is 30.4 Å². The Morgan fingerprint density at radius 1 is 1.27 bits per heavy atom. The molecular weight excluding hydrogens is 385 g/mol. The molecule has 0 saturated carbocycles. The number of rotatable bonds is 4. The van der Waals surface area contributed by atoms with Gasteiger partial charge >= 0.3 is 0 Å². The molecular formula is C22H26FN5O2. The van der Waals surface area contributed by atoms with Crippen molar-refractivity contribution in [2.45, 2.75) is 44.1 Å². The van der Waals surface area contributed by atoms with Crippen LogP contribution >= 0.6 is 0 Å². The van der Waals surface area contributed by atoms with Crippen LogP contribution < -0.4 is 11.5 Å². The zero-order valence-electron chi connectivity index (χ0n) is 16.8. The largest absolute Gasteiger partial charge is 0.383 e. The van der Waals surface area contributed by atoms with Gasteiger partial charge in [0.1, 0.15) is 17.2 Å². The van der Waals surface area contributed by atoms with Crippen LogP contribution in [-0.2, 0) is 17.6 Å². The number of carbonyl (C=O) groups is 2. The van der Waals surface area contributed by atoms with Crippen molar-refractivity contribution in [2.24, 2.45) is 5.73 Å². The molecule has 1 aromatic carbocycles. The van der Waals surface area contributed by atoms with E-state index in [9.17, 15) is 14.0 Å². The van der Waals surface area contributed by atoms with Crippen LogP contribution in [0.1, 0.15) is 58.4 Å². The van der Waals surface area contributed by atoms with Crippen molar-refractivity contribution >= 4 is 17.6 Å². The number of benzene rings is 1. The normalized spacial score (nSPS) is 21.2. The van der Waals surface area contributed by atoms with E-state index < -0.39 is 5.91 Å². The van der Waals surface area contributed by atoms with Gasteiger partial charge in [-0.1, -0.05) is 12.6 Å². The number of halogens is 1. The second-order valence-corrected chi connectivity index (χ2v) is 8.09. The number of hydrogen-bond donors (Lipinski definition) is 2. The lowest BCUT2D eigenvalue weighted by Gasteiger charge is -2.32. The van der Waals surface area contributed by atoms with E-state index in [-0.39, 0.29) is 35.1 Å². The predicted octanol–water partition coefficient (Wildman–Crippen LogP) is 2.33. The maximum absolute atomic E-state index is 13.5. The maximum atomic E-state index is 13.5. The Hall–Kier alpha value is -3.16. The van der Waals surface area contributed by atoms with Gasteiger partial charge < -0.3 is 16.4 Å². The van der Waals surface area contributed by atoms with Crippen LogP contribution in [0.4, 0.5) is 10.2 Å². The third-order valence-electron chi connectivity index (χ3n) is 6.23. The number of fused-ring (bicyclic) bond motifs is 1. The summed E-state index contributed by atoms with van der Waals surface area (Å²) in [6.07, 6.45) is 5.01. The minimum absolute atomic E-state index is 0.0245. The number of aromatic nitrogens is 2. The first kappa shape index (κ1) is 20.1. The molecule has 0 radical (unpaired) electrons. The third-order valence-corrected chi connectivity index (χ3v) is 6.23. The molecule has 1 fully saturated rings. The van der Waals surface area contributed by atoms with Gasteiger partial charge in [-0.2, -0.15) is 5.10 Å². The fourth-order valence-electron chi connectivity index (χ4n) is 4.72. The molecule has 2 aromatic rings. The Morgan fingerprint density at radius 2 is 2.07 bits per heavy atom.